The Bertz CT molecular complexity index is 310. The molecule has 6 heteroatoms. The van der Waals surface area contributed by atoms with Gasteiger partial charge in [-0.3, -0.25) is 0 Å². The first-order chi connectivity index (χ1) is 9.43. The Kier molecular flexibility index (Phi) is 5.39. The lowest BCUT2D eigenvalue weighted by Gasteiger charge is -2.25. The molecule has 2 heterocycles. The third-order valence-corrected chi connectivity index (χ3v) is 3.56. The molecule has 0 aromatic rings. The van der Waals surface area contributed by atoms with Crippen molar-refractivity contribution in [2.45, 2.75) is 57.1 Å². The van der Waals surface area contributed by atoms with E-state index in [1.165, 1.54) is 0 Å². The van der Waals surface area contributed by atoms with Crippen molar-refractivity contribution in [3.63, 3.8) is 0 Å². The lowest BCUT2D eigenvalue weighted by molar-refractivity contribution is -0.219. The third kappa shape index (κ3) is 3.90. The molecule has 1 unspecified atom stereocenters. The van der Waals surface area contributed by atoms with Crippen LogP contribution in [0.2, 0.25) is 0 Å². The van der Waals surface area contributed by atoms with Crippen LogP contribution in [0.1, 0.15) is 26.7 Å². The van der Waals surface area contributed by atoms with Gasteiger partial charge in [0.1, 0.15) is 12.2 Å². The summed E-state index contributed by atoms with van der Waals surface area (Å²) in [5.74, 6) is -0.634. The van der Waals surface area contributed by atoms with Crippen molar-refractivity contribution in [2.75, 3.05) is 33.9 Å². The van der Waals surface area contributed by atoms with Crippen LogP contribution in [-0.4, -0.2) is 74.2 Å². The second-order valence-electron chi connectivity index (χ2n) is 6.15. The van der Waals surface area contributed by atoms with E-state index in [-0.39, 0.29) is 31.2 Å². The maximum atomic E-state index is 9.13. The van der Waals surface area contributed by atoms with E-state index in [1.807, 2.05) is 27.9 Å². The summed E-state index contributed by atoms with van der Waals surface area (Å²) < 4.78 is 23.4. The molecule has 6 nitrogen and oxygen atoms in total. The molecule has 0 bridgehead atoms. The lowest BCUT2D eigenvalue weighted by Crippen LogP contribution is -2.37. The van der Waals surface area contributed by atoms with E-state index in [2.05, 4.69) is 4.90 Å². The Balaban J connectivity index is 1.88. The standard InChI is InChI=1S/C14H27NO5/c1-14(2)19-12-11(17-9-5-7-15(3)4)10(6-8-16)18-13(12)20-14/h10-13,16H,5-9H2,1-4H3/t10-,11+,12-,13?/m1/s1. The van der Waals surface area contributed by atoms with Crippen molar-refractivity contribution in [1.29, 1.82) is 0 Å². The number of hydrogen-bond acceptors (Lipinski definition) is 6. The molecule has 0 amide bonds. The topological polar surface area (TPSA) is 60.4 Å². The van der Waals surface area contributed by atoms with Crippen LogP contribution in [-0.2, 0) is 18.9 Å². The Labute approximate surface area is 120 Å². The third-order valence-electron chi connectivity index (χ3n) is 3.56. The van der Waals surface area contributed by atoms with Crippen molar-refractivity contribution < 1.29 is 24.1 Å². The van der Waals surface area contributed by atoms with Crippen LogP contribution in [0.3, 0.4) is 0 Å². The quantitative estimate of drug-likeness (QED) is 0.692. The fraction of sp³-hybridized carbons (Fsp3) is 1.00. The van der Waals surface area contributed by atoms with Gasteiger partial charge in [-0.2, -0.15) is 0 Å². The molecule has 4 atom stereocenters. The van der Waals surface area contributed by atoms with Gasteiger partial charge in [0.05, 0.1) is 6.10 Å². The van der Waals surface area contributed by atoms with Crippen molar-refractivity contribution in [3.8, 4) is 0 Å². The minimum Gasteiger partial charge on any atom is -0.396 e. The summed E-state index contributed by atoms with van der Waals surface area (Å²) in [4.78, 5) is 2.13. The largest absolute Gasteiger partial charge is 0.396 e. The van der Waals surface area contributed by atoms with E-state index in [0.717, 1.165) is 13.0 Å². The number of rotatable bonds is 7. The van der Waals surface area contributed by atoms with Crippen LogP contribution in [0.25, 0.3) is 0 Å². The van der Waals surface area contributed by atoms with Gasteiger partial charge < -0.3 is 29.0 Å². The van der Waals surface area contributed by atoms with Gasteiger partial charge in [-0.25, -0.2) is 0 Å². The predicted octanol–water partition coefficient (Wildman–Crippen LogP) is 0.582. The fourth-order valence-electron chi connectivity index (χ4n) is 2.71. The summed E-state index contributed by atoms with van der Waals surface area (Å²) in [5, 5.41) is 9.13. The molecule has 0 saturated carbocycles. The van der Waals surface area contributed by atoms with Crippen LogP contribution in [0.4, 0.5) is 0 Å². The Hall–Kier alpha value is -0.240. The molecule has 0 radical (unpaired) electrons. The zero-order valence-electron chi connectivity index (χ0n) is 12.9. The van der Waals surface area contributed by atoms with Gasteiger partial charge in [-0.05, 0) is 47.3 Å². The van der Waals surface area contributed by atoms with E-state index < -0.39 is 5.79 Å². The summed E-state index contributed by atoms with van der Waals surface area (Å²) in [6.07, 6.45) is 0.568. The van der Waals surface area contributed by atoms with Gasteiger partial charge in [0.2, 0.25) is 0 Å². The maximum Gasteiger partial charge on any atom is 0.190 e. The fourth-order valence-corrected chi connectivity index (χ4v) is 2.71. The van der Waals surface area contributed by atoms with Crippen molar-refractivity contribution in [3.05, 3.63) is 0 Å². The zero-order valence-corrected chi connectivity index (χ0v) is 12.9. The van der Waals surface area contributed by atoms with E-state index in [9.17, 15) is 0 Å². The minimum atomic E-state index is -0.634. The number of aliphatic hydroxyl groups excluding tert-OH is 1. The number of hydrogen-bond donors (Lipinski definition) is 1. The highest BCUT2D eigenvalue weighted by Gasteiger charge is 2.54. The van der Waals surface area contributed by atoms with E-state index in [1.54, 1.807) is 0 Å². The second-order valence-corrected chi connectivity index (χ2v) is 6.15. The van der Waals surface area contributed by atoms with Crippen LogP contribution < -0.4 is 0 Å². The first-order valence-corrected chi connectivity index (χ1v) is 7.31. The average molecular weight is 289 g/mol. The second kappa shape index (κ2) is 6.68. The van der Waals surface area contributed by atoms with Crippen LogP contribution in [0, 0.1) is 0 Å². The first kappa shape index (κ1) is 16.1. The highest BCUT2D eigenvalue weighted by molar-refractivity contribution is 4.94. The molecule has 118 valence electrons. The smallest absolute Gasteiger partial charge is 0.190 e. The van der Waals surface area contributed by atoms with Crippen molar-refractivity contribution >= 4 is 0 Å². The molecule has 2 saturated heterocycles. The molecule has 0 aromatic carbocycles. The zero-order chi connectivity index (χ0) is 14.8. The molecule has 20 heavy (non-hydrogen) atoms. The Morgan fingerprint density at radius 2 is 2.00 bits per heavy atom. The molecule has 0 aromatic heterocycles. The predicted molar refractivity (Wildman–Crippen MR) is 73.3 cm³/mol. The number of aliphatic hydroxyl groups is 1. The minimum absolute atomic E-state index is 0.0745. The molecular weight excluding hydrogens is 262 g/mol. The molecule has 2 rings (SSSR count). The summed E-state index contributed by atoms with van der Waals surface area (Å²) in [6, 6.07) is 0. The molecular formula is C14H27NO5. The number of fused-ring (bicyclic) bond motifs is 1. The van der Waals surface area contributed by atoms with Gasteiger partial charge in [0.25, 0.3) is 0 Å². The monoisotopic (exact) mass is 289 g/mol. The average Bonchev–Trinajstić information content (AvgIpc) is 2.78. The Morgan fingerprint density at radius 3 is 2.65 bits per heavy atom. The van der Waals surface area contributed by atoms with Crippen LogP contribution >= 0.6 is 0 Å². The molecule has 1 N–H and O–H groups in total. The summed E-state index contributed by atoms with van der Waals surface area (Å²) in [5.41, 5.74) is 0. The lowest BCUT2D eigenvalue weighted by atomic mass is 10.1. The summed E-state index contributed by atoms with van der Waals surface area (Å²) in [7, 11) is 4.08. The van der Waals surface area contributed by atoms with Gasteiger partial charge in [-0.1, -0.05) is 0 Å². The molecule has 2 aliphatic rings. The number of ether oxygens (including phenoxy) is 4. The highest BCUT2D eigenvalue weighted by atomic mass is 16.8. The van der Waals surface area contributed by atoms with E-state index >= 15 is 0 Å². The van der Waals surface area contributed by atoms with E-state index in [0.29, 0.717) is 13.0 Å². The first-order valence-electron chi connectivity index (χ1n) is 7.31. The highest BCUT2D eigenvalue weighted by Crippen LogP contribution is 2.39. The van der Waals surface area contributed by atoms with Crippen molar-refractivity contribution in [1.82, 2.24) is 4.90 Å². The normalized spacial score (nSPS) is 35.7. The SMILES string of the molecule is CN(C)CCCO[C@H]1[C@@H](CCO)OC2OC(C)(C)O[C@@H]21. The van der Waals surface area contributed by atoms with E-state index in [4.69, 9.17) is 24.1 Å². The molecule has 2 fully saturated rings. The number of nitrogens with zero attached hydrogens (tertiary/aromatic N) is 1. The van der Waals surface area contributed by atoms with Crippen molar-refractivity contribution in [2.24, 2.45) is 0 Å². The summed E-state index contributed by atoms with van der Waals surface area (Å²) >= 11 is 0. The van der Waals surface area contributed by atoms with Crippen LogP contribution in [0.5, 0.6) is 0 Å². The molecule has 0 aliphatic carbocycles. The maximum absolute atomic E-state index is 9.13. The molecule has 2 aliphatic heterocycles. The van der Waals surface area contributed by atoms with Gasteiger partial charge >= 0.3 is 0 Å². The van der Waals surface area contributed by atoms with Gasteiger partial charge in [0.15, 0.2) is 12.1 Å². The van der Waals surface area contributed by atoms with Gasteiger partial charge in [-0.15, -0.1) is 0 Å². The molecule has 0 spiro atoms. The Morgan fingerprint density at radius 1 is 1.25 bits per heavy atom. The van der Waals surface area contributed by atoms with Crippen LogP contribution in [0.15, 0.2) is 0 Å². The van der Waals surface area contributed by atoms with Gasteiger partial charge in [0, 0.05) is 13.2 Å². The summed E-state index contributed by atoms with van der Waals surface area (Å²) in [6.45, 7) is 5.46.